The van der Waals surface area contributed by atoms with Gasteiger partial charge in [0.25, 0.3) is 0 Å². The van der Waals surface area contributed by atoms with Crippen molar-refractivity contribution in [1.82, 2.24) is 4.90 Å². The quantitative estimate of drug-likeness (QED) is 0.811. The Bertz CT molecular complexity index is 437. The number of hydrogen-bond donors (Lipinski definition) is 0. The van der Waals surface area contributed by atoms with Crippen molar-refractivity contribution < 1.29 is 0 Å². The van der Waals surface area contributed by atoms with Crippen molar-refractivity contribution in [2.24, 2.45) is 5.41 Å². The third-order valence-electron chi connectivity index (χ3n) is 4.22. The molecule has 1 aromatic rings. The maximum Gasteiger partial charge on any atom is 0.0627 e. The van der Waals surface area contributed by atoms with Gasteiger partial charge in [-0.15, -0.1) is 0 Å². The number of aryl methyl sites for hydroxylation is 1. The minimum absolute atomic E-state index is 0.247. The first-order valence-corrected chi connectivity index (χ1v) is 6.77. The van der Waals surface area contributed by atoms with Crippen molar-refractivity contribution in [2.45, 2.75) is 39.7 Å². The molecule has 18 heavy (non-hydrogen) atoms. The lowest BCUT2D eigenvalue weighted by molar-refractivity contribution is 0.116. The number of hydrogen-bond acceptors (Lipinski definition) is 2. The van der Waals surface area contributed by atoms with Crippen LogP contribution >= 0.6 is 0 Å². The van der Waals surface area contributed by atoms with E-state index in [2.05, 4.69) is 49.1 Å². The van der Waals surface area contributed by atoms with Crippen LogP contribution in [0.1, 0.15) is 37.3 Å². The fourth-order valence-electron chi connectivity index (χ4n) is 2.65. The molecule has 1 saturated heterocycles. The summed E-state index contributed by atoms with van der Waals surface area (Å²) in [5.41, 5.74) is 3.06. The van der Waals surface area contributed by atoms with Gasteiger partial charge in [-0.1, -0.05) is 31.2 Å². The molecule has 1 heterocycles. The Hall–Kier alpha value is -1.33. The smallest absolute Gasteiger partial charge is 0.0627 e. The normalized spacial score (nSPS) is 19.4. The molecule has 1 fully saturated rings. The van der Waals surface area contributed by atoms with Crippen molar-refractivity contribution in [3.63, 3.8) is 0 Å². The van der Waals surface area contributed by atoms with Crippen molar-refractivity contribution in [1.29, 1.82) is 5.26 Å². The predicted molar refractivity (Wildman–Crippen MR) is 74.0 cm³/mol. The second-order valence-corrected chi connectivity index (χ2v) is 5.85. The van der Waals surface area contributed by atoms with Gasteiger partial charge in [-0.2, -0.15) is 5.26 Å². The topological polar surface area (TPSA) is 27.0 Å². The van der Waals surface area contributed by atoms with Gasteiger partial charge in [0.05, 0.1) is 6.07 Å². The number of likely N-dealkylation sites (tertiary alicyclic amines) is 1. The SMILES string of the molecule is Cc1ccccc1CN1CCC(C)(CC#N)CC1. The first-order valence-electron chi connectivity index (χ1n) is 6.77. The molecule has 0 aromatic heterocycles. The Kier molecular flexibility index (Phi) is 4.04. The van der Waals surface area contributed by atoms with Gasteiger partial charge in [0, 0.05) is 13.0 Å². The molecule has 0 radical (unpaired) electrons. The summed E-state index contributed by atoms with van der Waals surface area (Å²) in [7, 11) is 0. The van der Waals surface area contributed by atoms with Crippen LogP contribution in [-0.4, -0.2) is 18.0 Å². The second-order valence-electron chi connectivity index (χ2n) is 5.85. The summed E-state index contributed by atoms with van der Waals surface area (Å²) < 4.78 is 0. The fraction of sp³-hybridized carbons (Fsp3) is 0.562. The molecule has 0 spiro atoms. The fourth-order valence-corrected chi connectivity index (χ4v) is 2.65. The van der Waals surface area contributed by atoms with E-state index in [-0.39, 0.29) is 5.41 Å². The summed E-state index contributed by atoms with van der Waals surface area (Å²) in [5.74, 6) is 0. The van der Waals surface area contributed by atoms with Crippen molar-refractivity contribution in [2.75, 3.05) is 13.1 Å². The molecule has 96 valence electrons. The largest absolute Gasteiger partial charge is 0.299 e. The zero-order valence-corrected chi connectivity index (χ0v) is 11.4. The van der Waals surface area contributed by atoms with E-state index in [1.54, 1.807) is 0 Å². The Labute approximate surface area is 110 Å². The van der Waals surface area contributed by atoms with E-state index in [1.165, 1.54) is 11.1 Å². The summed E-state index contributed by atoms with van der Waals surface area (Å²) >= 11 is 0. The third-order valence-corrected chi connectivity index (χ3v) is 4.22. The van der Waals surface area contributed by atoms with Gasteiger partial charge in [-0.25, -0.2) is 0 Å². The van der Waals surface area contributed by atoms with E-state index in [0.29, 0.717) is 6.42 Å². The molecular formula is C16H22N2. The Morgan fingerprint density at radius 2 is 1.94 bits per heavy atom. The van der Waals surface area contributed by atoms with Gasteiger partial charge >= 0.3 is 0 Å². The molecule has 2 nitrogen and oxygen atoms in total. The molecule has 0 amide bonds. The lowest BCUT2D eigenvalue weighted by Crippen LogP contribution is -2.38. The molecule has 0 unspecified atom stereocenters. The van der Waals surface area contributed by atoms with Crippen LogP contribution in [-0.2, 0) is 6.54 Å². The average molecular weight is 242 g/mol. The van der Waals surface area contributed by atoms with E-state index in [1.807, 2.05) is 0 Å². The van der Waals surface area contributed by atoms with Gasteiger partial charge in [0.1, 0.15) is 0 Å². The molecule has 1 aliphatic rings. The van der Waals surface area contributed by atoms with Crippen LogP contribution < -0.4 is 0 Å². The lowest BCUT2D eigenvalue weighted by Gasteiger charge is -2.38. The first-order chi connectivity index (χ1) is 8.63. The van der Waals surface area contributed by atoms with Crippen LogP contribution in [0.3, 0.4) is 0 Å². The summed E-state index contributed by atoms with van der Waals surface area (Å²) in [6, 6.07) is 10.9. The number of nitrogens with zero attached hydrogens (tertiary/aromatic N) is 2. The van der Waals surface area contributed by atoms with Gasteiger partial charge in [-0.3, -0.25) is 4.90 Å². The van der Waals surface area contributed by atoms with Gasteiger partial charge in [-0.05, 0) is 49.4 Å². The highest BCUT2D eigenvalue weighted by atomic mass is 15.1. The van der Waals surface area contributed by atoms with Crippen molar-refractivity contribution >= 4 is 0 Å². The lowest BCUT2D eigenvalue weighted by atomic mass is 9.78. The average Bonchev–Trinajstić information content (AvgIpc) is 2.35. The molecule has 0 aliphatic carbocycles. The number of nitriles is 1. The van der Waals surface area contributed by atoms with Crippen LogP contribution in [0.5, 0.6) is 0 Å². The Balaban J connectivity index is 1.92. The third kappa shape index (κ3) is 3.11. The molecule has 1 aromatic carbocycles. The van der Waals surface area contributed by atoms with Gasteiger partial charge in [0.15, 0.2) is 0 Å². The number of rotatable bonds is 3. The Morgan fingerprint density at radius 1 is 1.28 bits per heavy atom. The highest BCUT2D eigenvalue weighted by molar-refractivity contribution is 5.25. The highest BCUT2D eigenvalue weighted by Crippen LogP contribution is 2.34. The van der Waals surface area contributed by atoms with E-state index in [9.17, 15) is 0 Å². The standard InChI is InChI=1S/C16H22N2/c1-14-5-3-4-6-15(14)13-18-11-8-16(2,7-10-17)9-12-18/h3-6H,7-9,11-13H2,1-2H3. The minimum Gasteiger partial charge on any atom is -0.299 e. The number of benzene rings is 1. The zero-order chi connectivity index (χ0) is 13.0. The predicted octanol–water partition coefficient (Wildman–Crippen LogP) is 3.51. The molecular weight excluding hydrogens is 220 g/mol. The highest BCUT2D eigenvalue weighted by Gasteiger charge is 2.29. The Morgan fingerprint density at radius 3 is 2.56 bits per heavy atom. The summed E-state index contributed by atoms with van der Waals surface area (Å²) in [6.45, 7) is 7.72. The second kappa shape index (κ2) is 5.54. The maximum atomic E-state index is 8.86. The van der Waals surface area contributed by atoms with E-state index < -0.39 is 0 Å². The number of piperidine rings is 1. The molecule has 2 heteroatoms. The van der Waals surface area contributed by atoms with Crippen molar-refractivity contribution in [3.05, 3.63) is 35.4 Å². The molecule has 0 atom stereocenters. The van der Waals surface area contributed by atoms with Crippen molar-refractivity contribution in [3.8, 4) is 6.07 Å². The molecule has 2 rings (SSSR count). The van der Waals surface area contributed by atoms with Crippen LogP contribution in [0.25, 0.3) is 0 Å². The van der Waals surface area contributed by atoms with E-state index in [0.717, 1.165) is 32.5 Å². The first kappa shape index (κ1) is 13.1. The minimum atomic E-state index is 0.247. The summed E-state index contributed by atoms with van der Waals surface area (Å²) in [6.07, 6.45) is 2.99. The van der Waals surface area contributed by atoms with E-state index in [4.69, 9.17) is 5.26 Å². The zero-order valence-electron chi connectivity index (χ0n) is 11.4. The van der Waals surface area contributed by atoms with Crippen LogP contribution in [0, 0.1) is 23.7 Å². The van der Waals surface area contributed by atoms with Crippen LogP contribution in [0.15, 0.2) is 24.3 Å². The maximum absolute atomic E-state index is 8.86. The molecule has 1 aliphatic heterocycles. The summed E-state index contributed by atoms with van der Waals surface area (Å²) in [4.78, 5) is 2.52. The van der Waals surface area contributed by atoms with E-state index >= 15 is 0 Å². The summed E-state index contributed by atoms with van der Waals surface area (Å²) in [5, 5.41) is 8.86. The molecule has 0 saturated carbocycles. The van der Waals surface area contributed by atoms with Gasteiger partial charge in [0.2, 0.25) is 0 Å². The van der Waals surface area contributed by atoms with Gasteiger partial charge < -0.3 is 0 Å². The van der Waals surface area contributed by atoms with Crippen LogP contribution in [0.2, 0.25) is 0 Å². The monoisotopic (exact) mass is 242 g/mol. The van der Waals surface area contributed by atoms with Crippen LogP contribution in [0.4, 0.5) is 0 Å². The molecule has 0 N–H and O–H groups in total. The molecule has 0 bridgehead atoms.